The van der Waals surface area contributed by atoms with Gasteiger partial charge in [-0.25, -0.2) is 4.39 Å². The van der Waals surface area contributed by atoms with Crippen LogP contribution >= 0.6 is 0 Å². The molecule has 2 aliphatic rings. The summed E-state index contributed by atoms with van der Waals surface area (Å²) in [6, 6.07) is 12.9. The van der Waals surface area contributed by atoms with Crippen LogP contribution in [0.2, 0.25) is 0 Å². The lowest BCUT2D eigenvalue weighted by molar-refractivity contribution is 0.319. The number of allylic oxidation sites excluding steroid dienone is 1. The van der Waals surface area contributed by atoms with Gasteiger partial charge >= 0.3 is 0 Å². The van der Waals surface area contributed by atoms with E-state index < -0.39 is 0 Å². The van der Waals surface area contributed by atoms with Crippen LogP contribution in [-0.4, -0.2) is 7.11 Å². The molecule has 0 spiro atoms. The van der Waals surface area contributed by atoms with Crippen LogP contribution in [0, 0.1) is 11.7 Å². The van der Waals surface area contributed by atoms with Crippen molar-refractivity contribution in [3.8, 4) is 5.75 Å². The lowest BCUT2D eigenvalue weighted by atomic mass is 9.77. The third-order valence-corrected chi connectivity index (χ3v) is 6.61. The van der Waals surface area contributed by atoms with Crippen molar-refractivity contribution in [3.05, 3.63) is 64.5 Å². The summed E-state index contributed by atoms with van der Waals surface area (Å²) in [5.74, 6) is 1.80. The van der Waals surface area contributed by atoms with Crippen LogP contribution in [0.5, 0.6) is 5.75 Å². The maximum atomic E-state index is 14.4. The first-order valence-corrected chi connectivity index (χ1v) is 10.4. The zero-order chi connectivity index (χ0) is 18.8. The summed E-state index contributed by atoms with van der Waals surface area (Å²) in [6.07, 6.45) is 10.5. The normalized spacial score (nSPS) is 22.1. The molecule has 27 heavy (non-hydrogen) atoms. The molecule has 0 saturated heterocycles. The molecule has 1 saturated carbocycles. The molecule has 4 rings (SSSR count). The van der Waals surface area contributed by atoms with E-state index >= 15 is 0 Å². The molecule has 1 nitrogen and oxygen atoms in total. The molecule has 0 bridgehead atoms. The van der Waals surface area contributed by atoms with Gasteiger partial charge in [0.25, 0.3) is 0 Å². The van der Waals surface area contributed by atoms with Crippen molar-refractivity contribution in [2.75, 3.05) is 7.11 Å². The highest BCUT2D eigenvalue weighted by Crippen LogP contribution is 2.38. The van der Waals surface area contributed by atoms with Gasteiger partial charge in [0.1, 0.15) is 0 Å². The second-order valence-corrected chi connectivity index (χ2v) is 8.07. The lowest BCUT2D eigenvalue weighted by Crippen LogP contribution is -2.12. The van der Waals surface area contributed by atoms with Gasteiger partial charge in [-0.15, -0.1) is 0 Å². The second-order valence-electron chi connectivity index (χ2n) is 8.07. The Kier molecular flexibility index (Phi) is 5.33. The van der Waals surface area contributed by atoms with E-state index in [0.29, 0.717) is 5.75 Å². The summed E-state index contributed by atoms with van der Waals surface area (Å²) < 4.78 is 19.6. The van der Waals surface area contributed by atoms with Crippen molar-refractivity contribution in [2.45, 2.75) is 57.8 Å². The first-order valence-electron chi connectivity index (χ1n) is 10.4. The van der Waals surface area contributed by atoms with E-state index in [4.69, 9.17) is 4.74 Å². The van der Waals surface area contributed by atoms with E-state index in [1.807, 2.05) is 6.07 Å². The minimum absolute atomic E-state index is 0.205. The number of halogens is 1. The zero-order valence-corrected chi connectivity index (χ0v) is 16.4. The number of benzene rings is 2. The highest BCUT2D eigenvalue weighted by atomic mass is 19.1. The second kappa shape index (κ2) is 7.88. The maximum absolute atomic E-state index is 14.4. The molecule has 142 valence electrons. The summed E-state index contributed by atoms with van der Waals surface area (Å²) in [5, 5.41) is 0. The SMILES string of the molecule is CCC1CCC(c2ccc(C3=Cc4ccc(OC)c(F)c4CC3)cc2)CC1. The zero-order valence-electron chi connectivity index (χ0n) is 16.4. The molecule has 2 aliphatic carbocycles. The van der Waals surface area contributed by atoms with Crippen LogP contribution in [-0.2, 0) is 6.42 Å². The molecule has 0 N–H and O–H groups in total. The molecule has 0 aromatic heterocycles. The number of fused-ring (bicyclic) bond motifs is 1. The van der Waals surface area contributed by atoms with Gasteiger partial charge in [0.2, 0.25) is 0 Å². The van der Waals surface area contributed by atoms with Gasteiger partial charge in [-0.3, -0.25) is 0 Å². The van der Waals surface area contributed by atoms with E-state index in [9.17, 15) is 4.39 Å². The van der Waals surface area contributed by atoms with E-state index in [1.54, 1.807) is 6.07 Å². The maximum Gasteiger partial charge on any atom is 0.168 e. The smallest absolute Gasteiger partial charge is 0.168 e. The lowest BCUT2D eigenvalue weighted by Gasteiger charge is -2.28. The Balaban J connectivity index is 1.52. The Labute approximate surface area is 162 Å². The number of ether oxygens (including phenoxy) is 1. The van der Waals surface area contributed by atoms with Crippen molar-refractivity contribution in [2.24, 2.45) is 5.92 Å². The Bertz CT molecular complexity index is 826. The van der Waals surface area contributed by atoms with Crippen molar-refractivity contribution in [1.29, 1.82) is 0 Å². The summed E-state index contributed by atoms with van der Waals surface area (Å²) in [4.78, 5) is 0. The van der Waals surface area contributed by atoms with Crippen LogP contribution in [0.15, 0.2) is 36.4 Å². The first-order chi connectivity index (χ1) is 13.2. The summed E-state index contributed by atoms with van der Waals surface area (Å²) in [6.45, 7) is 2.32. The van der Waals surface area contributed by atoms with Gasteiger partial charge < -0.3 is 4.74 Å². The molecule has 1 fully saturated rings. The third-order valence-electron chi connectivity index (χ3n) is 6.61. The fraction of sp³-hybridized carbons (Fsp3) is 0.440. The highest BCUT2D eigenvalue weighted by Gasteiger charge is 2.22. The monoisotopic (exact) mass is 364 g/mol. The largest absolute Gasteiger partial charge is 0.494 e. The van der Waals surface area contributed by atoms with Gasteiger partial charge in [0.05, 0.1) is 7.11 Å². The number of hydrogen-bond acceptors (Lipinski definition) is 1. The Hall–Kier alpha value is -2.09. The molecule has 2 aromatic rings. The molecular weight excluding hydrogens is 335 g/mol. The molecule has 2 heteroatoms. The van der Waals surface area contributed by atoms with E-state index in [-0.39, 0.29) is 5.82 Å². The average Bonchev–Trinajstić information content (AvgIpc) is 2.74. The van der Waals surface area contributed by atoms with Crippen molar-refractivity contribution in [1.82, 2.24) is 0 Å². The van der Waals surface area contributed by atoms with Gasteiger partial charge in [-0.2, -0.15) is 0 Å². The molecule has 0 atom stereocenters. The average molecular weight is 365 g/mol. The molecule has 0 unspecified atom stereocenters. The fourth-order valence-electron chi connectivity index (χ4n) is 4.78. The van der Waals surface area contributed by atoms with Gasteiger partial charge in [0.15, 0.2) is 11.6 Å². The van der Waals surface area contributed by atoms with E-state index in [1.165, 1.54) is 55.9 Å². The van der Waals surface area contributed by atoms with E-state index in [2.05, 4.69) is 37.3 Å². The molecule has 0 aliphatic heterocycles. The Morgan fingerprint density at radius 2 is 1.70 bits per heavy atom. The summed E-state index contributed by atoms with van der Waals surface area (Å²) in [7, 11) is 1.52. The van der Waals surface area contributed by atoms with E-state index in [0.717, 1.165) is 35.8 Å². The number of hydrogen-bond donors (Lipinski definition) is 0. The predicted molar refractivity (Wildman–Crippen MR) is 111 cm³/mol. The highest BCUT2D eigenvalue weighted by molar-refractivity contribution is 5.84. The van der Waals surface area contributed by atoms with Crippen LogP contribution in [0.4, 0.5) is 4.39 Å². The first kappa shape index (κ1) is 18.3. The minimum atomic E-state index is -0.205. The molecule has 0 amide bonds. The van der Waals surface area contributed by atoms with Gasteiger partial charge in [0, 0.05) is 0 Å². The van der Waals surface area contributed by atoms with Crippen molar-refractivity contribution >= 4 is 11.6 Å². The molecular formula is C25H29FO. The summed E-state index contributed by atoms with van der Waals surface area (Å²) in [5.41, 5.74) is 5.82. The van der Waals surface area contributed by atoms with Crippen LogP contribution < -0.4 is 4.74 Å². The number of methoxy groups -OCH3 is 1. The van der Waals surface area contributed by atoms with Crippen LogP contribution in [0.3, 0.4) is 0 Å². The molecule has 2 aromatic carbocycles. The fourth-order valence-corrected chi connectivity index (χ4v) is 4.78. The standard InChI is InChI=1S/C25H29FO/c1-3-17-4-6-18(7-5-17)19-8-10-20(11-9-19)21-12-14-23-22(16-21)13-15-24(27-2)25(23)26/h8-11,13,15-18H,3-7,12,14H2,1-2H3. The number of rotatable bonds is 4. The minimum Gasteiger partial charge on any atom is -0.494 e. The van der Waals surface area contributed by atoms with Crippen LogP contribution in [0.1, 0.15) is 73.6 Å². The van der Waals surface area contributed by atoms with Gasteiger partial charge in [-0.1, -0.05) is 49.8 Å². The Morgan fingerprint density at radius 3 is 2.37 bits per heavy atom. The van der Waals surface area contributed by atoms with Crippen molar-refractivity contribution in [3.63, 3.8) is 0 Å². The molecule has 0 radical (unpaired) electrons. The van der Waals surface area contributed by atoms with Gasteiger partial charge in [-0.05, 0) is 84.3 Å². The topological polar surface area (TPSA) is 9.23 Å². The predicted octanol–water partition coefficient (Wildman–Crippen LogP) is 7.00. The summed E-state index contributed by atoms with van der Waals surface area (Å²) >= 11 is 0. The third kappa shape index (κ3) is 3.67. The Morgan fingerprint density at radius 1 is 0.963 bits per heavy atom. The molecule has 0 heterocycles. The van der Waals surface area contributed by atoms with Crippen LogP contribution in [0.25, 0.3) is 11.6 Å². The van der Waals surface area contributed by atoms with Crippen molar-refractivity contribution < 1.29 is 9.13 Å². The quantitative estimate of drug-likeness (QED) is 0.567.